The number of nitrogens with one attached hydrogen (secondary N) is 1. The molecule has 0 spiro atoms. The first-order valence-corrected chi connectivity index (χ1v) is 7.63. The molecule has 2 heterocycles. The van der Waals surface area contributed by atoms with Crippen molar-refractivity contribution < 1.29 is 14.3 Å². The molecule has 0 aliphatic carbocycles. The number of methoxy groups -OCH3 is 2. The maximum absolute atomic E-state index is 11.1. The van der Waals surface area contributed by atoms with Crippen LogP contribution in [0.4, 0.5) is 5.69 Å². The highest BCUT2D eigenvalue weighted by Gasteiger charge is 2.14. The van der Waals surface area contributed by atoms with Gasteiger partial charge in [0, 0.05) is 36.6 Å². The molecule has 1 N–H and O–H groups in total. The van der Waals surface area contributed by atoms with E-state index >= 15 is 0 Å². The summed E-state index contributed by atoms with van der Waals surface area (Å²) in [4.78, 5) is 19.9. The molecule has 0 saturated carbocycles. The van der Waals surface area contributed by atoms with Gasteiger partial charge in [-0.25, -0.2) is 4.98 Å². The van der Waals surface area contributed by atoms with E-state index in [2.05, 4.69) is 15.3 Å². The van der Waals surface area contributed by atoms with Gasteiger partial charge in [-0.3, -0.25) is 9.36 Å². The Kier molecular flexibility index (Phi) is 4.65. The van der Waals surface area contributed by atoms with Crippen LogP contribution in [0.15, 0.2) is 48.8 Å². The largest absolute Gasteiger partial charge is 0.481 e. The van der Waals surface area contributed by atoms with E-state index in [1.165, 1.54) is 6.92 Å². The topological polar surface area (TPSA) is 78.3 Å². The second kappa shape index (κ2) is 7.04. The fourth-order valence-electron chi connectivity index (χ4n) is 2.48. The Labute approximate surface area is 145 Å². The van der Waals surface area contributed by atoms with Crippen molar-refractivity contribution >= 4 is 11.6 Å². The van der Waals surface area contributed by atoms with Gasteiger partial charge in [-0.15, -0.1) is 0 Å². The lowest BCUT2D eigenvalue weighted by molar-refractivity contribution is -0.114. The minimum absolute atomic E-state index is 0.108. The second-order valence-corrected chi connectivity index (χ2v) is 5.26. The number of pyridine rings is 1. The second-order valence-electron chi connectivity index (χ2n) is 5.26. The number of anilines is 1. The number of ether oxygens (including phenoxy) is 2. The Balaban J connectivity index is 2.00. The number of nitrogens with zero attached hydrogens (tertiary/aromatic N) is 3. The summed E-state index contributed by atoms with van der Waals surface area (Å²) in [6, 6.07) is 11.1. The quantitative estimate of drug-likeness (QED) is 0.774. The van der Waals surface area contributed by atoms with Crippen LogP contribution in [-0.4, -0.2) is 34.7 Å². The van der Waals surface area contributed by atoms with Crippen LogP contribution < -0.4 is 14.8 Å². The Morgan fingerprint density at radius 1 is 1.08 bits per heavy atom. The van der Waals surface area contributed by atoms with E-state index in [4.69, 9.17) is 9.47 Å². The van der Waals surface area contributed by atoms with Gasteiger partial charge in [-0.05, 0) is 30.3 Å². The zero-order chi connectivity index (χ0) is 17.8. The van der Waals surface area contributed by atoms with Crippen molar-refractivity contribution in [3.8, 4) is 28.8 Å². The zero-order valence-corrected chi connectivity index (χ0v) is 14.2. The highest BCUT2D eigenvalue weighted by molar-refractivity contribution is 5.88. The third-order valence-electron chi connectivity index (χ3n) is 3.58. The van der Waals surface area contributed by atoms with Gasteiger partial charge in [0.15, 0.2) is 0 Å². The average Bonchev–Trinajstić information content (AvgIpc) is 3.10. The van der Waals surface area contributed by atoms with Crippen LogP contribution in [0.25, 0.3) is 17.1 Å². The van der Waals surface area contributed by atoms with Crippen LogP contribution in [0, 0.1) is 0 Å². The van der Waals surface area contributed by atoms with Crippen LogP contribution in [-0.2, 0) is 4.79 Å². The van der Waals surface area contributed by atoms with Gasteiger partial charge in [0.2, 0.25) is 17.7 Å². The van der Waals surface area contributed by atoms with E-state index in [0.717, 1.165) is 22.8 Å². The number of carbonyl (C=O) groups is 1. The predicted molar refractivity (Wildman–Crippen MR) is 94.2 cm³/mol. The third kappa shape index (κ3) is 3.45. The van der Waals surface area contributed by atoms with Crippen LogP contribution in [0.3, 0.4) is 0 Å². The lowest BCUT2D eigenvalue weighted by atomic mass is 10.2. The summed E-state index contributed by atoms with van der Waals surface area (Å²) in [7, 11) is 3.12. The van der Waals surface area contributed by atoms with E-state index in [0.29, 0.717) is 11.8 Å². The van der Waals surface area contributed by atoms with Crippen LogP contribution in [0.1, 0.15) is 6.92 Å². The minimum Gasteiger partial charge on any atom is -0.481 e. The van der Waals surface area contributed by atoms with Crippen molar-refractivity contribution in [3.63, 3.8) is 0 Å². The lowest BCUT2D eigenvalue weighted by Crippen LogP contribution is -2.05. The van der Waals surface area contributed by atoms with Crippen molar-refractivity contribution in [3.05, 3.63) is 48.8 Å². The Morgan fingerprint density at radius 2 is 1.84 bits per heavy atom. The fraction of sp³-hybridized carbons (Fsp3) is 0.167. The molecule has 7 nitrogen and oxygen atoms in total. The summed E-state index contributed by atoms with van der Waals surface area (Å²) in [6.07, 6.45) is 3.55. The Morgan fingerprint density at radius 3 is 2.48 bits per heavy atom. The Bertz CT molecular complexity index is 888. The summed E-state index contributed by atoms with van der Waals surface area (Å²) >= 11 is 0. The molecule has 0 saturated heterocycles. The molecule has 0 aliphatic heterocycles. The molecule has 1 aromatic carbocycles. The standard InChI is InChI=1S/C18H18N4O3/c1-12(23)20-14-6-4-13(5-7-14)17-19-10-11-22(17)15-8-9-16(24-2)21-18(15)25-3/h4-11H,1-3H3,(H,20,23). The summed E-state index contributed by atoms with van der Waals surface area (Å²) in [5.74, 6) is 1.54. The van der Waals surface area contributed by atoms with Gasteiger partial charge in [0.1, 0.15) is 11.5 Å². The molecule has 0 aliphatic rings. The number of aromatic nitrogens is 3. The first-order valence-electron chi connectivity index (χ1n) is 7.63. The number of amides is 1. The Hall–Kier alpha value is -3.35. The van der Waals surface area contributed by atoms with Crippen LogP contribution in [0.2, 0.25) is 0 Å². The van der Waals surface area contributed by atoms with Gasteiger partial charge in [0.25, 0.3) is 0 Å². The summed E-state index contributed by atoms with van der Waals surface area (Å²) in [5.41, 5.74) is 2.39. The molecular weight excluding hydrogens is 320 g/mol. The van der Waals surface area contributed by atoms with Gasteiger partial charge >= 0.3 is 0 Å². The van der Waals surface area contributed by atoms with E-state index in [9.17, 15) is 4.79 Å². The van der Waals surface area contributed by atoms with Crippen molar-refractivity contribution in [2.45, 2.75) is 6.92 Å². The normalized spacial score (nSPS) is 10.4. The molecule has 1 amide bonds. The molecular formula is C18H18N4O3. The number of rotatable bonds is 5. The minimum atomic E-state index is -0.108. The maximum Gasteiger partial charge on any atom is 0.241 e. The average molecular weight is 338 g/mol. The molecule has 2 aromatic heterocycles. The highest BCUT2D eigenvalue weighted by atomic mass is 16.5. The highest BCUT2D eigenvalue weighted by Crippen LogP contribution is 2.28. The number of hydrogen-bond donors (Lipinski definition) is 1. The first-order chi connectivity index (χ1) is 12.1. The van der Waals surface area contributed by atoms with Crippen LogP contribution in [0.5, 0.6) is 11.8 Å². The van der Waals surface area contributed by atoms with E-state index in [1.807, 2.05) is 41.1 Å². The molecule has 0 unspecified atom stereocenters. The third-order valence-corrected chi connectivity index (χ3v) is 3.58. The SMILES string of the molecule is COc1ccc(-n2ccnc2-c2ccc(NC(C)=O)cc2)c(OC)n1. The molecule has 3 rings (SSSR count). The molecule has 0 atom stereocenters. The number of hydrogen-bond acceptors (Lipinski definition) is 5. The monoisotopic (exact) mass is 338 g/mol. The number of carbonyl (C=O) groups excluding carboxylic acids is 1. The molecule has 25 heavy (non-hydrogen) atoms. The van der Waals surface area contributed by atoms with Crippen molar-refractivity contribution in [1.29, 1.82) is 0 Å². The maximum atomic E-state index is 11.1. The number of benzene rings is 1. The smallest absolute Gasteiger partial charge is 0.241 e. The van der Waals surface area contributed by atoms with Crippen molar-refractivity contribution in [2.24, 2.45) is 0 Å². The molecule has 0 fully saturated rings. The van der Waals surface area contributed by atoms with Gasteiger partial charge in [-0.1, -0.05) is 0 Å². The zero-order valence-electron chi connectivity index (χ0n) is 14.2. The van der Waals surface area contributed by atoms with Gasteiger partial charge in [-0.2, -0.15) is 4.98 Å². The summed E-state index contributed by atoms with van der Waals surface area (Å²) < 4.78 is 12.4. The van der Waals surface area contributed by atoms with Crippen LogP contribution >= 0.6 is 0 Å². The molecule has 0 radical (unpaired) electrons. The van der Waals surface area contributed by atoms with E-state index in [-0.39, 0.29) is 5.91 Å². The van der Waals surface area contributed by atoms with Crippen molar-refractivity contribution in [2.75, 3.05) is 19.5 Å². The summed E-state index contributed by atoms with van der Waals surface area (Å²) in [6.45, 7) is 1.48. The molecule has 7 heteroatoms. The first kappa shape index (κ1) is 16.5. The van der Waals surface area contributed by atoms with Gasteiger partial charge in [0.05, 0.1) is 14.2 Å². The molecule has 0 bridgehead atoms. The van der Waals surface area contributed by atoms with Crippen molar-refractivity contribution in [1.82, 2.24) is 14.5 Å². The molecule has 128 valence electrons. The predicted octanol–water partition coefficient (Wildman–Crippen LogP) is 2.91. The van der Waals surface area contributed by atoms with Gasteiger partial charge < -0.3 is 14.8 Å². The fourth-order valence-corrected chi connectivity index (χ4v) is 2.48. The van der Waals surface area contributed by atoms with E-state index < -0.39 is 0 Å². The summed E-state index contributed by atoms with van der Waals surface area (Å²) in [5, 5.41) is 2.74. The molecule has 3 aromatic rings. The number of imidazole rings is 1. The lowest BCUT2D eigenvalue weighted by Gasteiger charge is -2.12. The van der Waals surface area contributed by atoms with E-state index in [1.54, 1.807) is 26.5 Å².